The molecule has 3 N–H and O–H groups in total. The molecule has 1 aromatic carbocycles. The maximum Gasteiger partial charge on any atom is 0.573 e. The van der Waals surface area contributed by atoms with E-state index in [1.54, 1.807) is 38.4 Å². The zero-order chi connectivity index (χ0) is 41.4. The molecule has 2 fully saturated rings. The third-order valence-electron chi connectivity index (χ3n) is 7.55. The van der Waals surface area contributed by atoms with Crippen molar-refractivity contribution in [2.45, 2.75) is 70.5 Å². The van der Waals surface area contributed by atoms with Gasteiger partial charge in [-0.3, -0.25) is 19.5 Å². The Bertz CT molecular complexity index is 1640. The first-order valence-electron chi connectivity index (χ1n) is 15.3. The summed E-state index contributed by atoms with van der Waals surface area (Å²) in [5, 5.41) is 16.7. The number of hydrogen-bond donors (Lipinski definition) is 3. The first-order valence-corrected chi connectivity index (χ1v) is 15.3. The van der Waals surface area contributed by atoms with E-state index in [1.807, 2.05) is 13.8 Å². The number of carbonyl (C=O) groups excluding carboxylic acids is 3. The van der Waals surface area contributed by atoms with Gasteiger partial charge in [0, 0.05) is 44.0 Å². The van der Waals surface area contributed by atoms with Gasteiger partial charge in [0.15, 0.2) is 5.75 Å². The van der Waals surface area contributed by atoms with Crippen LogP contribution in [0.1, 0.15) is 39.7 Å². The molecule has 4 amide bonds. The highest BCUT2D eigenvalue weighted by Gasteiger charge is 2.52. The second-order valence-corrected chi connectivity index (χ2v) is 12.4. The average Bonchev–Trinajstić information content (AvgIpc) is 3.19. The molecule has 14 nitrogen and oxygen atoms in total. The van der Waals surface area contributed by atoms with Crippen molar-refractivity contribution in [1.82, 2.24) is 14.8 Å². The third-order valence-corrected chi connectivity index (χ3v) is 7.55. The molecule has 0 saturated carbocycles. The van der Waals surface area contributed by atoms with Crippen LogP contribution < -0.4 is 15.0 Å². The molecule has 2 aromatic rings. The summed E-state index contributed by atoms with van der Waals surface area (Å²) in [6.45, 7) is 9.24. The number of pyridine rings is 1. The first-order chi connectivity index (χ1) is 24.6. The molecule has 1 aromatic heterocycles. The highest BCUT2D eigenvalue weighted by Crippen LogP contribution is 2.38. The predicted molar refractivity (Wildman–Crippen MR) is 167 cm³/mol. The number of carbonyl (C=O) groups is 5. The number of alkyl halides is 9. The molecule has 0 atom stereocenters. The number of morpholine rings is 1. The lowest BCUT2D eigenvalue weighted by atomic mass is 10.0. The molecule has 0 bridgehead atoms. The van der Waals surface area contributed by atoms with Gasteiger partial charge in [-0.25, -0.2) is 19.3 Å². The zero-order valence-corrected chi connectivity index (χ0v) is 28.7. The Balaban J connectivity index is 0.000000610. The monoisotopic (exact) mass is 791 g/mol. The number of benzene rings is 1. The summed E-state index contributed by atoms with van der Waals surface area (Å²) >= 11 is 0. The molecule has 2 aliphatic rings. The lowest BCUT2D eigenvalue weighted by Gasteiger charge is -2.42. The van der Waals surface area contributed by atoms with Gasteiger partial charge < -0.3 is 29.9 Å². The van der Waals surface area contributed by atoms with Crippen LogP contribution >= 0.6 is 0 Å². The molecule has 0 radical (unpaired) electrons. The van der Waals surface area contributed by atoms with Crippen LogP contribution in [-0.2, 0) is 30.5 Å². The van der Waals surface area contributed by atoms with E-state index in [-0.39, 0.29) is 29.9 Å². The van der Waals surface area contributed by atoms with Gasteiger partial charge in [0.1, 0.15) is 5.54 Å². The molecule has 2 aliphatic heterocycles. The van der Waals surface area contributed by atoms with Crippen molar-refractivity contribution in [1.29, 1.82) is 0 Å². The summed E-state index contributed by atoms with van der Waals surface area (Å²) in [6.07, 6.45) is -12.1. The topological polar surface area (TPSA) is 179 Å². The first kappa shape index (κ1) is 45.0. The lowest BCUT2D eigenvalue weighted by Crippen LogP contribution is -2.53. The van der Waals surface area contributed by atoms with E-state index in [4.69, 9.17) is 24.5 Å². The van der Waals surface area contributed by atoms with Crippen molar-refractivity contribution in [2.24, 2.45) is 0 Å². The Hall–Kier alpha value is -5.19. The summed E-state index contributed by atoms with van der Waals surface area (Å²) < 4.78 is 112. The van der Waals surface area contributed by atoms with Crippen molar-refractivity contribution in [2.75, 3.05) is 36.5 Å². The van der Waals surface area contributed by atoms with Crippen molar-refractivity contribution in [3.63, 3.8) is 0 Å². The quantitative estimate of drug-likeness (QED) is 0.229. The molecule has 3 heterocycles. The van der Waals surface area contributed by atoms with Crippen LogP contribution in [0, 0.1) is 0 Å². The SMILES string of the molecule is CC1(C)COCCN1CCC(=O)Nc1cc(N2C(=O)N(Cc3ccncc3)C(C)(C)C2=O)ccc1OC(F)(F)F.O=C(O)C(F)(F)F.O=C(O)C(F)(F)F. The molecule has 0 spiro atoms. The van der Waals surface area contributed by atoms with Gasteiger partial charge in [0.05, 0.1) is 24.6 Å². The van der Waals surface area contributed by atoms with E-state index in [2.05, 4.69) is 19.9 Å². The Morgan fingerprint density at radius 2 is 1.44 bits per heavy atom. The summed E-state index contributed by atoms with van der Waals surface area (Å²) in [6, 6.07) is 6.07. The number of urea groups is 1. The van der Waals surface area contributed by atoms with Crippen LogP contribution in [0.15, 0.2) is 42.7 Å². The minimum atomic E-state index is -5.08. The number of rotatable bonds is 8. The van der Waals surface area contributed by atoms with Crippen LogP contribution in [0.2, 0.25) is 0 Å². The number of aliphatic carboxylic acids is 2. The summed E-state index contributed by atoms with van der Waals surface area (Å²) in [5.41, 5.74) is -1.10. The Labute approximate surface area is 300 Å². The van der Waals surface area contributed by atoms with Crippen LogP contribution in [0.5, 0.6) is 5.75 Å². The fourth-order valence-electron chi connectivity index (χ4n) is 4.72. The fourth-order valence-corrected chi connectivity index (χ4v) is 4.72. The van der Waals surface area contributed by atoms with Crippen LogP contribution in [0.3, 0.4) is 0 Å². The van der Waals surface area contributed by atoms with E-state index in [0.29, 0.717) is 26.3 Å². The van der Waals surface area contributed by atoms with Gasteiger partial charge in [0.25, 0.3) is 5.91 Å². The second kappa shape index (κ2) is 17.3. The van der Waals surface area contributed by atoms with Gasteiger partial charge >= 0.3 is 36.7 Å². The zero-order valence-electron chi connectivity index (χ0n) is 28.7. The predicted octanol–water partition coefficient (Wildman–Crippen LogP) is 5.43. The van der Waals surface area contributed by atoms with Gasteiger partial charge in [-0.05, 0) is 63.6 Å². The largest absolute Gasteiger partial charge is 0.573 e. The van der Waals surface area contributed by atoms with Gasteiger partial charge in [0.2, 0.25) is 5.91 Å². The number of halogens is 9. The summed E-state index contributed by atoms with van der Waals surface area (Å²) in [4.78, 5) is 65.7. The average molecular weight is 792 g/mol. The smallest absolute Gasteiger partial charge is 0.475 e. The van der Waals surface area contributed by atoms with Crippen molar-refractivity contribution >= 4 is 41.2 Å². The van der Waals surface area contributed by atoms with Crippen LogP contribution in [0.4, 0.5) is 55.7 Å². The molecule has 23 heteroatoms. The maximum atomic E-state index is 13.4. The van der Waals surface area contributed by atoms with Crippen molar-refractivity contribution in [3.05, 3.63) is 48.3 Å². The van der Waals surface area contributed by atoms with E-state index in [9.17, 15) is 53.9 Å². The van der Waals surface area contributed by atoms with E-state index in [1.165, 1.54) is 11.0 Å². The fraction of sp³-hybridized carbons (Fsp3) is 0.484. The Morgan fingerprint density at radius 3 is 1.93 bits per heavy atom. The number of carboxylic acids is 2. The summed E-state index contributed by atoms with van der Waals surface area (Å²) in [7, 11) is 0. The van der Waals surface area contributed by atoms with Gasteiger partial charge in [-0.2, -0.15) is 26.3 Å². The molecule has 0 aliphatic carbocycles. The molecule has 4 rings (SSSR count). The number of carboxylic acid groups (broad SMARTS) is 2. The molecular weight excluding hydrogens is 757 g/mol. The lowest BCUT2D eigenvalue weighted by molar-refractivity contribution is -0.274. The van der Waals surface area contributed by atoms with Crippen LogP contribution in [-0.4, -0.2) is 111 Å². The number of anilines is 2. The minimum Gasteiger partial charge on any atom is -0.475 e. The summed E-state index contributed by atoms with van der Waals surface area (Å²) in [5.74, 6) is -7.30. The Kier molecular flexibility index (Phi) is 14.4. The number of aromatic nitrogens is 1. The number of amides is 4. The van der Waals surface area contributed by atoms with Crippen molar-refractivity contribution in [3.8, 4) is 5.75 Å². The molecule has 2 saturated heterocycles. The van der Waals surface area contributed by atoms with E-state index >= 15 is 0 Å². The van der Waals surface area contributed by atoms with Crippen LogP contribution in [0.25, 0.3) is 0 Å². The number of nitrogens with zero attached hydrogens (tertiary/aromatic N) is 4. The molecule has 54 heavy (non-hydrogen) atoms. The Morgan fingerprint density at radius 1 is 0.907 bits per heavy atom. The minimum absolute atomic E-state index is 0.000518. The molecule has 300 valence electrons. The normalized spacial score (nSPS) is 17.1. The van der Waals surface area contributed by atoms with Gasteiger partial charge in [-0.1, -0.05) is 0 Å². The van der Waals surface area contributed by atoms with E-state index < -0.39 is 59.8 Å². The number of nitrogens with one attached hydrogen (secondary N) is 1. The highest BCUT2D eigenvalue weighted by molar-refractivity contribution is 6.23. The van der Waals surface area contributed by atoms with Gasteiger partial charge in [-0.15, -0.1) is 13.2 Å². The number of ether oxygens (including phenoxy) is 2. The highest BCUT2D eigenvalue weighted by atomic mass is 19.4. The number of hydrogen-bond acceptors (Lipinski definition) is 9. The third kappa shape index (κ3) is 12.7. The molecule has 0 unspecified atom stereocenters. The van der Waals surface area contributed by atoms with E-state index in [0.717, 1.165) is 22.6 Å². The standard InChI is InChI=1S/C27H32F3N5O5.2C2HF3O2/c1-25(2)17-39-14-13-33(25)12-9-22(36)32-20-15-19(5-6-21(20)40-27(28,29)30)35-23(37)26(3,4)34(24(35)38)16-18-7-10-31-11-8-18;2*3-2(4,5)1(6)7/h5-8,10-11,15H,9,12-14,16-17H2,1-4H3,(H,32,36);2*(H,6,7). The molecular formula is C31H34F9N5O9. The number of imide groups is 1. The second-order valence-electron chi connectivity index (χ2n) is 12.4. The maximum absolute atomic E-state index is 13.4. The van der Waals surface area contributed by atoms with Crippen molar-refractivity contribution < 1.29 is 83.2 Å².